The number of allylic oxidation sites excluding steroid dienone is 4. The zero-order chi connectivity index (χ0) is 18.2. The van der Waals surface area contributed by atoms with Gasteiger partial charge < -0.3 is 0 Å². The molecule has 0 aromatic heterocycles. The van der Waals surface area contributed by atoms with Gasteiger partial charge in [0.1, 0.15) is 16.5 Å². The molecule has 0 amide bonds. The minimum Gasteiger partial charge on any atom is -0.225 e. The Labute approximate surface area is 149 Å². The maximum absolute atomic E-state index is 14.0. The summed E-state index contributed by atoms with van der Waals surface area (Å²) in [5.74, 6) is -1.41. The van der Waals surface area contributed by atoms with E-state index in [9.17, 15) is 17.2 Å². The molecule has 0 heterocycles. The molecule has 1 aliphatic carbocycles. The van der Waals surface area contributed by atoms with Gasteiger partial charge in [0.05, 0.1) is 0 Å². The predicted molar refractivity (Wildman–Crippen MR) is 96.6 cm³/mol. The van der Waals surface area contributed by atoms with Crippen LogP contribution in [-0.4, -0.2) is 13.3 Å². The van der Waals surface area contributed by atoms with Crippen molar-refractivity contribution in [3.63, 3.8) is 0 Å². The fourth-order valence-electron chi connectivity index (χ4n) is 2.62. The lowest BCUT2D eigenvalue weighted by atomic mass is 9.88. The number of hydrogen-bond acceptors (Lipinski definition) is 3. The first-order valence-corrected chi connectivity index (χ1v) is 9.23. The van der Waals surface area contributed by atoms with Gasteiger partial charge >= 0.3 is 0 Å². The van der Waals surface area contributed by atoms with Gasteiger partial charge in [-0.05, 0) is 47.0 Å². The van der Waals surface area contributed by atoms with Crippen LogP contribution in [0.4, 0.5) is 8.78 Å². The standard InChI is InChI=1S/C18H13F2NO2S2/c19-14-5-1-11(2-6-14)15-7-3-13(10-17(15)24)12-4-8-18(16(20)9-12)25(21,22)23/h1-10,15H,(H2,21,22,23). The summed E-state index contributed by atoms with van der Waals surface area (Å²) >= 11 is 5.41. The van der Waals surface area contributed by atoms with E-state index >= 15 is 0 Å². The molecule has 0 fully saturated rings. The molecule has 2 aromatic rings. The third kappa shape index (κ3) is 3.73. The largest absolute Gasteiger partial charge is 0.240 e. The van der Waals surface area contributed by atoms with Gasteiger partial charge in [0.15, 0.2) is 0 Å². The predicted octanol–water partition coefficient (Wildman–Crippen LogP) is 3.72. The number of sulfonamides is 1. The zero-order valence-electron chi connectivity index (χ0n) is 12.8. The molecule has 1 unspecified atom stereocenters. The Morgan fingerprint density at radius 3 is 2.28 bits per heavy atom. The lowest BCUT2D eigenvalue weighted by Gasteiger charge is -2.18. The third-order valence-electron chi connectivity index (χ3n) is 3.87. The average molecular weight is 377 g/mol. The van der Waals surface area contributed by atoms with E-state index in [-0.39, 0.29) is 11.7 Å². The Kier molecular flexibility index (Phi) is 4.64. The summed E-state index contributed by atoms with van der Waals surface area (Å²) in [7, 11) is -4.11. The second-order valence-corrected chi connectivity index (χ2v) is 7.58. The van der Waals surface area contributed by atoms with Gasteiger partial charge in [0, 0.05) is 10.8 Å². The zero-order valence-corrected chi connectivity index (χ0v) is 14.5. The van der Waals surface area contributed by atoms with Gasteiger partial charge in [-0.1, -0.05) is 42.6 Å². The molecule has 3 nitrogen and oxygen atoms in total. The average Bonchev–Trinajstić information content (AvgIpc) is 2.54. The first-order chi connectivity index (χ1) is 11.8. The normalized spacial score (nSPS) is 17.5. The van der Waals surface area contributed by atoms with Crippen LogP contribution in [0.2, 0.25) is 0 Å². The van der Waals surface area contributed by atoms with E-state index in [1.165, 1.54) is 18.2 Å². The minimum atomic E-state index is -4.11. The lowest BCUT2D eigenvalue weighted by molar-refractivity contribution is 0.568. The van der Waals surface area contributed by atoms with Gasteiger partial charge in [0.25, 0.3) is 0 Å². The van der Waals surface area contributed by atoms with Crippen LogP contribution in [0, 0.1) is 11.6 Å². The van der Waals surface area contributed by atoms with Gasteiger partial charge in [-0.25, -0.2) is 22.3 Å². The highest BCUT2D eigenvalue weighted by Gasteiger charge is 2.19. The summed E-state index contributed by atoms with van der Waals surface area (Å²) in [4.78, 5) is 0.0449. The summed E-state index contributed by atoms with van der Waals surface area (Å²) < 4.78 is 49.6. The van der Waals surface area contributed by atoms with Crippen molar-refractivity contribution in [1.29, 1.82) is 0 Å². The molecule has 128 valence electrons. The third-order valence-corrected chi connectivity index (χ3v) is 5.19. The second kappa shape index (κ2) is 6.59. The summed E-state index contributed by atoms with van der Waals surface area (Å²) in [6, 6.07) is 9.77. The number of primary sulfonamides is 1. The van der Waals surface area contributed by atoms with E-state index in [1.807, 2.05) is 6.08 Å². The molecule has 0 radical (unpaired) electrons. The van der Waals surface area contributed by atoms with Crippen molar-refractivity contribution in [1.82, 2.24) is 0 Å². The maximum atomic E-state index is 14.0. The van der Waals surface area contributed by atoms with Crippen LogP contribution in [0.3, 0.4) is 0 Å². The van der Waals surface area contributed by atoms with Crippen LogP contribution in [0.5, 0.6) is 0 Å². The summed E-state index contributed by atoms with van der Waals surface area (Å²) in [5.41, 5.74) is 2.00. The van der Waals surface area contributed by atoms with Gasteiger partial charge in [-0.15, -0.1) is 0 Å². The molecule has 25 heavy (non-hydrogen) atoms. The molecule has 1 aliphatic rings. The highest BCUT2D eigenvalue weighted by Crippen LogP contribution is 2.30. The number of rotatable bonds is 3. The van der Waals surface area contributed by atoms with Crippen LogP contribution in [0.1, 0.15) is 17.0 Å². The number of benzene rings is 2. The monoisotopic (exact) mass is 377 g/mol. The number of hydrogen-bond donors (Lipinski definition) is 1. The summed E-state index contributed by atoms with van der Waals surface area (Å²) in [6.45, 7) is 0. The Bertz CT molecular complexity index is 1010. The molecule has 2 aromatic carbocycles. The topological polar surface area (TPSA) is 60.2 Å². The van der Waals surface area contributed by atoms with Crippen molar-refractivity contribution in [2.45, 2.75) is 10.8 Å². The van der Waals surface area contributed by atoms with Crippen LogP contribution in [-0.2, 0) is 10.0 Å². The van der Waals surface area contributed by atoms with E-state index in [1.54, 1.807) is 24.3 Å². The molecule has 0 bridgehead atoms. The van der Waals surface area contributed by atoms with Crippen molar-refractivity contribution in [2.75, 3.05) is 0 Å². The first-order valence-electron chi connectivity index (χ1n) is 7.27. The molecule has 3 rings (SSSR count). The van der Waals surface area contributed by atoms with E-state index in [2.05, 4.69) is 0 Å². The molecule has 0 spiro atoms. The molecule has 0 saturated carbocycles. The van der Waals surface area contributed by atoms with E-state index in [0.29, 0.717) is 16.0 Å². The molecule has 2 N–H and O–H groups in total. The van der Waals surface area contributed by atoms with Crippen molar-refractivity contribution in [3.8, 4) is 0 Å². The molecular weight excluding hydrogens is 364 g/mol. The smallest absolute Gasteiger partial charge is 0.225 e. The maximum Gasteiger partial charge on any atom is 0.240 e. The van der Waals surface area contributed by atoms with E-state index in [4.69, 9.17) is 17.4 Å². The van der Waals surface area contributed by atoms with Crippen LogP contribution >= 0.6 is 12.2 Å². The fourth-order valence-corrected chi connectivity index (χ4v) is 3.55. The lowest BCUT2D eigenvalue weighted by Crippen LogP contribution is -2.14. The minimum absolute atomic E-state index is 0.173. The molecule has 0 saturated heterocycles. The fraction of sp³-hybridized carbons (Fsp3) is 0.0556. The van der Waals surface area contributed by atoms with Crippen LogP contribution in [0.25, 0.3) is 5.57 Å². The molecule has 0 aliphatic heterocycles. The van der Waals surface area contributed by atoms with E-state index < -0.39 is 20.7 Å². The van der Waals surface area contributed by atoms with Gasteiger partial charge in [0.2, 0.25) is 10.0 Å². The Hall–Kier alpha value is -2.22. The Morgan fingerprint density at radius 1 is 1.04 bits per heavy atom. The van der Waals surface area contributed by atoms with Crippen LogP contribution < -0.4 is 5.14 Å². The quantitative estimate of drug-likeness (QED) is 0.830. The number of thiocarbonyl (C=S) groups is 1. The highest BCUT2D eigenvalue weighted by atomic mass is 32.2. The highest BCUT2D eigenvalue weighted by molar-refractivity contribution is 7.89. The SMILES string of the molecule is NS(=O)(=O)c1ccc(C2=CC(=S)C(c3ccc(F)cc3)C=C2)cc1F. The van der Waals surface area contributed by atoms with Crippen molar-refractivity contribution >= 4 is 32.7 Å². The number of nitrogens with two attached hydrogens (primary N) is 1. The summed E-state index contributed by atoms with van der Waals surface area (Å²) in [5, 5.41) is 4.96. The van der Waals surface area contributed by atoms with Crippen molar-refractivity contribution in [3.05, 3.63) is 83.5 Å². The van der Waals surface area contributed by atoms with E-state index in [0.717, 1.165) is 17.7 Å². The van der Waals surface area contributed by atoms with Gasteiger partial charge in [-0.2, -0.15) is 0 Å². The second-order valence-electron chi connectivity index (χ2n) is 5.58. The van der Waals surface area contributed by atoms with Crippen molar-refractivity contribution in [2.24, 2.45) is 5.14 Å². The Balaban J connectivity index is 1.90. The summed E-state index contributed by atoms with van der Waals surface area (Å²) in [6.07, 6.45) is 5.33. The molecular formula is C18H13F2NO2S2. The molecule has 7 heteroatoms. The van der Waals surface area contributed by atoms with Crippen LogP contribution in [0.15, 0.2) is 65.6 Å². The van der Waals surface area contributed by atoms with Crippen molar-refractivity contribution < 1.29 is 17.2 Å². The first kappa shape index (κ1) is 17.6. The molecule has 1 atom stereocenters. The number of halogens is 2. The Morgan fingerprint density at radius 2 is 1.72 bits per heavy atom. The van der Waals surface area contributed by atoms with Gasteiger partial charge in [-0.3, -0.25) is 0 Å².